The minimum Gasteiger partial charge on any atom is -0.439 e. The maximum atomic E-state index is 10.7. The normalized spacial score (nSPS) is 10.7. The molecule has 0 spiro atoms. The third kappa shape index (κ3) is 3.05. The van der Waals surface area contributed by atoms with Gasteiger partial charge in [-0.3, -0.25) is 4.79 Å². The summed E-state index contributed by atoms with van der Waals surface area (Å²) in [5.41, 5.74) is 3.93. The van der Waals surface area contributed by atoms with Gasteiger partial charge in [-0.1, -0.05) is 19.9 Å². The fraction of sp³-hybridized carbons (Fsp3) is 0.294. The first kappa shape index (κ1) is 14.3. The molecule has 0 bridgehead atoms. The van der Waals surface area contributed by atoms with Crippen LogP contribution in [0.5, 0.6) is 11.6 Å². The Morgan fingerprint density at radius 2 is 1.90 bits per heavy atom. The van der Waals surface area contributed by atoms with Crippen LogP contribution in [0.1, 0.15) is 46.8 Å². The summed E-state index contributed by atoms with van der Waals surface area (Å²) in [6.45, 7) is 8.31. The molecule has 0 unspecified atom stereocenters. The van der Waals surface area contributed by atoms with Gasteiger partial charge in [0.05, 0.1) is 0 Å². The average molecular weight is 269 g/mol. The zero-order valence-electron chi connectivity index (χ0n) is 12.3. The molecule has 2 rings (SSSR count). The Morgan fingerprint density at radius 1 is 1.15 bits per heavy atom. The lowest BCUT2D eigenvalue weighted by Crippen LogP contribution is -1.96. The molecular formula is C17H19NO2. The second-order valence-electron chi connectivity index (χ2n) is 5.28. The Bertz CT molecular complexity index is 633. The zero-order valence-corrected chi connectivity index (χ0v) is 12.3. The molecule has 20 heavy (non-hydrogen) atoms. The van der Waals surface area contributed by atoms with Crippen molar-refractivity contribution in [2.45, 2.75) is 33.6 Å². The summed E-state index contributed by atoms with van der Waals surface area (Å²) in [7, 11) is 0. The van der Waals surface area contributed by atoms with Crippen LogP contribution in [0.3, 0.4) is 0 Å². The fourth-order valence-corrected chi connectivity index (χ4v) is 2.23. The Kier molecular flexibility index (Phi) is 4.18. The summed E-state index contributed by atoms with van der Waals surface area (Å²) < 4.78 is 5.80. The highest BCUT2D eigenvalue weighted by molar-refractivity contribution is 5.74. The lowest BCUT2D eigenvalue weighted by atomic mass is 9.98. The first-order chi connectivity index (χ1) is 9.51. The molecule has 0 atom stereocenters. The van der Waals surface area contributed by atoms with E-state index in [2.05, 4.69) is 31.8 Å². The van der Waals surface area contributed by atoms with E-state index in [-0.39, 0.29) is 0 Å². The lowest BCUT2D eigenvalue weighted by Gasteiger charge is -2.12. The van der Waals surface area contributed by atoms with Crippen molar-refractivity contribution in [3.63, 3.8) is 0 Å². The van der Waals surface area contributed by atoms with Crippen LogP contribution in [-0.2, 0) is 0 Å². The molecule has 2 aromatic rings. The molecule has 0 aliphatic rings. The van der Waals surface area contributed by atoms with Crippen LogP contribution < -0.4 is 4.74 Å². The van der Waals surface area contributed by atoms with E-state index in [1.54, 1.807) is 6.07 Å². The fourth-order valence-electron chi connectivity index (χ4n) is 2.23. The van der Waals surface area contributed by atoms with E-state index in [1.807, 2.05) is 19.1 Å². The van der Waals surface area contributed by atoms with Gasteiger partial charge in [0, 0.05) is 17.3 Å². The van der Waals surface area contributed by atoms with Gasteiger partial charge in [-0.2, -0.15) is 0 Å². The van der Waals surface area contributed by atoms with Gasteiger partial charge in [-0.05, 0) is 49.1 Å². The Morgan fingerprint density at radius 3 is 2.45 bits per heavy atom. The summed E-state index contributed by atoms with van der Waals surface area (Å²) in [5, 5.41) is 0. The quantitative estimate of drug-likeness (QED) is 0.771. The molecule has 104 valence electrons. The van der Waals surface area contributed by atoms with Crippen molar-refractivity contribution >= 4 is 6.29 Å². The molecule has 1 aromatic heterocycles. The van der Waals surface area contributed by atoms with E-state index in [9.17, 15) is 4.79 Å². The monoisotopic (exact) mass is 269 g/mol. The molecule has 0 saturated heterocycles. The van der Waals surface area contributed by atoms with Crippen LogP contribution in [0.4, 0.5) is 0 Å². The van der Waals surface area contributed by atoms with Crippen molar-refractivity contribution in [3.8, 4) is 11.6 Å². The molecule has 0 aliphatic heterocycles. The van der Waals surface area contributed by atoms with E-state index >= 15 is 0 Å². The number of aryl methyl sites for hydroxylation is 2. The van der Waals surface area contributed by atoms with E-state index in [4.69, 9.17) is 4.74 Å². The number of rotatable bonds is 4. The number of carbonyl (C=O) groups is 1. The summed E-state index contributed by atoms with van der Waals surface area (Å²) in [6.07, 6.45) is 2.30. The molecule has 0 saturated carbocycles. The third-order valence-corrected chi connectivity index (χ3v) is 3.27. The average Bonchev–Trinajstić information content (AvgIpc) is 2.40. The first-order valence-corrected chi connectivity index (χ1v) is 6.71. The van der Waals surface area contributed by atoms with Gasteiger partial charge in [0.15, 0.2) is 6.29 Å². The second-order valence-corrected chi connectivity index (χ2v) is 5.28. The number of hydrogen-bond acceptors (Lipinski definition) is 3. The third-order valence-electron chi connectivity index (χ3n) is 3.27. The molecule has 0 N–H and O–H groups in total. The van der Waals surface area contributed by atoms with Gasteiger partial charge < -0.3 is 4.74 Å². The predicted octanol–water partition coefficient (Wildman–Crippen LogP) is 4.43. The van der Waals surface area contributed by atoms with Gasteiger partial charge in [0.2, 0.25) is 5.88 Å². The molecule has 1 aromatic carbocycles. The summed E-state index contributed by atoms with van der Waals surface area (Å²) in [4.78, 5) is 14.9. The van der Waals surface area contributed by atoms with Crippen molar-refractivity contribution in [3.05, 3.63) is 52.7 Å². The number of benzene rings is 1. The first-order valence-electron chi connectivity index (χ1n) is 6.71. The minimum atomic E-state index is 0.496. The number of aromatic nitrogens is 1. The van der Waals surface area contributed by atoms with Crippen LogP contribution in [0, 0.1) is 13.8 Å². The highest BCUT2D eigenvalue weighted by atomic mass is 16.5. The molecular weight excluding hydrogens is 250 g/mol. The van der Waals surface area contributed by atoms with E-state index in [0.717, 1.165) is 17.6 Å². The highest BCUT2D eigenvalue weighted by Crippen LogP contribution is 2.27. The molecule has 0 fully saturated rings. The van der Waals surface area contributed by atoms with Crippen molar-refractivity contribution in [2.75, 3.05) is 0 Å². The highest BCUT2D eigenvalue weighted by Gasteiger charge is 2.08. The minimum absolute atomic E-state index is 0.496. The number of ether oxygens (including phenoxy) is 1. The Labute approximate surface area is 119 Å². The van der Waals surface area contributed by atoms with Crippen LogP contribution in [0.2, 0.25) is 0 Å². The number of pyridine rings is 1. The SMILES string of the molecule is Cc1cc(Oc2ncc(C=O)cc2C)ccc1C(C)C. The van der Waals surface area contributed by atoms with E-state index in [0.29, 0.717) is 17.4 Å². The maximum absolute atomic E-state index is 10.7. The van der Waals surface area contributed by atoms with Gasteiger partial charge in [0.25, 0.3) is 0 Å². The smallest absolute Gasteiger partial charge is 0.222 e. The zero-order chi connectivity index (χ0) is 14.7. The van der Waals surface area contributed by atoms with Crippen LogP contribution in [0.25, 0.3) is 0 Å². The maximum Gasteiger partial charge on any atom is 0.222 e. The standard InChI is InChI=1S/C17H19NO2/c1-11(2)16-6-5-15(8-12(16)3)20-17-13(4)7-14(10-19)9-18-17/h5-11H,1-4H3. The predicted molar refractivity (Wildman–Crippen MR) is 79.7 cm³/mol. The van der Waals surface area contributed by atoms with Crippen LogP contribution in [0.15, 0.2) is 30.5 Å². The molecule has 0 amide bonds. The molecule has 3 heteroatoms. The van der Waals surface area contributed by atoms with Gasteiger partial charge >= 0.3 is 0 Å². The summed E-state index contributed by atoms with van der Waals surface area (Å²) in [5.74, 6) is 1.80. The van der Waals surface area contributed by atoms with Crippen LogP contribution >= 0.6 is 0 Å². The van der Waals surface area contributed by atoms with Gasteiger partial charge in [-0.25, -0.2) is 4.98 Å². The molecule has 1 heterocycles. The molecule has 3 nitrogen and oxygen atoms in total. The number of carbonyl (C=O) groups excluding carboxylic acids is 1. The van der Waals surface area contributed by atoms with Crippen molar-refractivity contribution in [1.29, 1.82) is 0 Å². The van der Waals surface area contributed by atoms with E-state index in [1.165, 1.54) is 17.3 Å². The topological polar surface area (TPSA) is 39.2 Å². The van der Waals surface area contributed by atoms with Gasteiger partial charge in [0.1, 0.15) is 5.75 Å². The Hall–Kier alpha value is -2.16. The van der Waals surface area contributed by atoms with Crippen molar-refractivity contribution < 1.29 is 9.53 Å². The summed E-state index contributed by atoms with van der Waals surface area (Å²) >= 11 is 0. The lowest BCUT2D eigenvalue weighted by molar-refractivity contribution is 0.112. The number of aldehydes is 1. The summed E-state index contributed by atoms with van der Waals surface area (Å²) in [6, 6.07) is 7.83. The second kappa shape index (κ2) is 5.87. The van der Waals surface area contributed by atoms with Gasteiger partial charge in [-0.15, -0.1) is 0 Å². The molecule has 0 aliphatic carbocycles. The molecule has 0 radical (unpaired) electrons. The number of hydrogen-bond donors (Lipinski definition) is 0. The Balaban J connectivity index is 2.26. The van der Waals surface area contributed by atoms with E-state index < -0.39 is 0 Å². The number of nitrogens with zero attached hydrogens (tertiary/aromatic N) is 1. The van der Waals surface area contributed by atoms with Crippen molar-refractivity contribution in [1.82, 2.24) is 4.98 Å². The van der Waals surface area contributed by atoms with Crippen LogP contribution in [-0.4, -0.2) is 11.3 Å². The van der Waals surface area contributed by atoms with Crippen molar-refractivity contribution in [2.24, 2.45) is 0 Å². The largest absolute Gasteiger partial charge is 0.439 e.